The molecule has 0 aliphatic carbocycles. The highest BCUT2D eigenvalue weighted by Gasteiger charge is 2.21. The molecule has 1 amide bonds. The van der Waals surface area contributed by atoms with Gasteiger partial charge in [0.1, 0.15) is 6.61 Å². The third kappa shape index (κ3) is 4.89. The summed E-state index contributed by atoms with van der Waals surface area (Å²) in [5, 5.41) is 8.03. The molecule has 3 rings (SSSR count). The Kier molecular flexibility index (Phi) is 5.51. The lowest BCUT2D eigenvalue weighted by molar-refractivity contribution is 0.152. The summed E-state index contributed by atoms with van der Waals surface area (Å²) in [5.74, 6) is 0. The summed E-state index contributed by atoms with van der Waals surface area (Å²) in [4.78, 5) is 12.1. The van der Waals surface area contributed by atoms with Crippen LogP contribution in [0.15, 0.2) is 60.7 Å². The molecular formula is C21H22ClN3O2. The Morgan fingerprint density at radius 2 is 1.85 bits per heavy atom. The lowest BCUT2D eigenvalue weighted by Gasteiger charge is -2.14. The van der Waals surface area contributed by atoms with Crippen molar-refractivity contribution in [2.75, 3.05) is 5.32 Å². The van der Waals surface area contributed by atoms with E-state index in [2.05, 4.69) is 26.1 Å². The van der Waals surface area contributed by atoms with E-state index in [1.165, 1.54) is 0 Å². The van der Waals surface area contributed by atoms with Crippen molar-refractivity contribution in [2.45, 2.75) is 32.8 Å². The zero-order valence-electron chi connectivity index (χ0n) is 15.6. The largest absolute Gasteiger partial charge is 0.443 e. The molecule has 0 aliphatic heterocycles. The van der Waals surface area contributed by atoms with Crippen LogP contribution in [0, 0.1) is 0 Å². The molecule has 0 atom stereocenters. The Bertz CT molecular complexity index is 930. The number of ether oxygens (including phenoxy) is 1. The van der Waals surface area contributed by atoms with Gasteiger partial charge in [0.25, 0.3) is 0 Å². The van der Waals surface area contributed by atoms with E-state index in [0.717, 1.165) is 17.1 Å². The van der Waals surface area contributed by atoms with Crippen LogP contribution in [-0.2, 0) is 16.8 Å². The van der Waals surface area contributed by atoms with E-state index in [1.807, 2.05) is 48.5 Å². The van der Waals surface area contributed by atoms with Gasteiger partial charge in [-0.3, -0.25) is 5.32 Å². The first-order valence-electron chi connectivity index (χ1n) is 8.67. The Hall–Kier alpha value is -2.79. The number of carbonyl (C=O) groups is 1. The third-order valence-electron chi connectivity index (χ3n) is 3.98. The van der Waals surface area contributed by atoms with Gasteiger partial charge in [0.15, 0.2) is 0 Å². The van der Waals surface area contributed by atoms with Gasteiger partial charge < -0.3 is 4.74 Å². The third-order valence-corrected chi connectivity index (χ3v) is 4.21. The molecule has 0 fully saturated rings. The molecule has 2 aromatic carbocycles. The van der Waals surface area contributed by atoms with Gasteiger partial charge >= 0.3 is 6.09 Å². The van der Waals surface area contributed by atoms with Crippen LogP contribution in [-0.4, -0.2) is 15.9 Å². The zero-order chi connectivity index (χ0) is 19.4. The number of amides is 1. The predicted molar refractivity (Wildman–Crippen MR) is 108 cm³/mol. The molecule has 5 nitrogen and oxygen atoms in total. The second-order valence-corrected chi connectivity index (χ2v) is 7.67. The molecule has 0 unspecified atom stereocenters. The molecule has 140 valence electrons. The average Bonchev–Trinajstić information content (AvgIpc) is 3.05. The van der Waals surface area contributed by atoms with E-state index in [0.29, 0.717) is 10.7 Å². The molecule has 0 spiro atoms. The summed E-state index contributed by atoms with van der Waals surface area (Å²) in [7, 11) is 0. The first-order valence-corrected chi connectivity index (χ1v) is 9.05. The number of benzene rings is 2. The number of halogens is 1. The molecule has 27 heavy (non-hydrogen) atoms. The van der Waals surface area contributed by atoms with Crippen molar-refractivity contribution in [1.82, 2.24) is 9.78 Å². The number of hydrogen-bond donors (Lipinski definition) is 1. The number of para-hydroxylation sites is 1. The molecule has 0 bridgehead atoms. The van der Waals surface area contributed by atoms with Gasteiger partial charge in [-0.15, -0.1) is 0 Å². The molecular weight excluding hydrogens is 362 g/mol. The van der Waals surface area contributed by atoms with E-state index >= 15 is 0 Å². The monoisotopic (exact) mass is 383 g/mol. The van der Waals surface area contributed by atoms with Crippen LogP contribution >= 0.6 is 11.6 Å². The summed E-state index contributed by atoms with van der Waals surface area (Å²) in [6.07, 6.45) is -0.516. The highest BCUT2D eigenvalue weighted by molar-refractivity contribution is 6.30. The molecule has 1 heterocycles. The number of rotatable bonds is 4. The maximum absolute atomic E-state index is 12.1. The van der Waals surface area contributed by atoms with Crippen molar-refractivity contribution in [2.24, 2.45) is 0 Å². The fourth-order valence-corrected chi connectivity index (χ4v) is 2.72. The van der Waals surface area contributed by atoms with E-state index < -0.39 is 6.09 Å². The summed E-state index contributed by atoms with van der Waals surface area (Å²) < 4.78 is 7.17. The van der Waals surface area contributed by atoms with Crippen LogP contribution in [0.1, 0.15) is 32.2 Å². The topological polar surface area (TPSA) is 56.1 Å². The Balaban J connectivity index is 1.81. The van der Waals surface area contributed by atoms with E-state index in [4.69, 9.17) is 21.4 Å². The minimum Gasteiger partial charge on any atom is -0.443 e. The van der Waals surface area contributed by atoms with Crippen molar-refractivity contribution >= 4 is 23.4 Å². The number of nitrogens with one attached hydrogen (secondary N) is 1. The van der Waals surface area contributed by atoms with Gasteiger partial charge in [0, 0.05) is 16.1 Å². The summed E-state index contributed by atoms with van der Waals surface area (Å²) in [6, 6.07) is 18.5. The average molecular weight is 384 g/mol. The van der Waals surface area contributed by atoms with Gasteiger partial charge in [0.05, 0.1) is 17.1 Å². The quantitative estimate of drug-likeness (QED) is 0.640. The van der Waals surface area contributed by atoms with E-state index in [9.17, 15) is 4.79 Å². The molecule has 1 N–H and O–H groups in total. The smallest absolute Gasteiger partial charge is 0.412 e. The lowest BCUT2D eigenvalue weighted by Crippen LogP contribution is -2.15. The normalized spacial score (nSPS) is 11.3. The molecule has 0 saturated carbocycles. The van der Waals surface area contributed by atoms with Crippen molar-refractivity contribution in [3.63, 3.8) is 0 Å². The first kappa shape index (κ1) is 19.0. The highest BCUT2D eigenvalue weighted by atomic mass is 35.5. The number of aromatic nitrogens is 2. The minimum atomic E-state index is -0.516. The van der Waals surface area contributed by atoms with Crippen LogP contribution in [0.4, 0.5) is 10.5 Å². The van der Waals surface area contributed by atoms with Crippen LogP contribution < -0.4 is 5.32 Å². The minimum absolute atomic E-state index is 0.0915. The number of hydrogen-bond acceptors (Lipinski definition) is 3. The maximum Gasteiger partial charge on any atom is 0.412 e. The second kappa shape index (κ2) is 7.84. The summed E-state index contributed by atoms with van der Waals surface area (Å²) in [5.41, 5.74) is 3.04. The Morgan fingerprint density at radius 1 is 1.11 bits per heavy atom. The van der Waals surface area contributed by atoms with Gasteiger partial charge in [0.2, 0.25) is 0 Å². The molecule has 6 heteroatoms. The zero-order valence-corrected chi connectivity index (χ0v) is 16.3. The highest BCUT2D eigenvalue weighted by Crippen LogP contribution is 2.25. The van der Waals surface area contributed by atoms with Crippen molar-refractivity contribution in [3.8, 4) is 5.69 Å². The van der Waals surface area contributed by atoms with Gasteiger partial charge in [-0.05, 0) is 36.4 Å². The van der Waals surface area contributed by atoms with Crippen LogP contribution in [0.25, 0.3) is 5.69 Å². The van der Waals surface area contributed by atoms with Crippen LogP contribution in [0.5, 0.6) is 0 Å². The van der Waals surface area contributed by atoms with Gasteiger partial charge in [-0.2, -0.15) is 5.10 Å². The number of carbonyl (C=O) groups excluding carboxylic acids is 1. The molecule has 0 saturated heterocycles. The molecule has 3 aromatic rings. The van der Waals surface area contributed by atoms with Crippen molar-refractivity contribution < 1.29 is 9.53 Å². The summed E-state index contributed by atoms with van der Waals surface area (Å²) in [6.45, 7) is 6.35. The van der Waals surface area contributed by atoms with Crippen molar-refractivity contribution in [1.29, 1.82) is 0 Å². The second-order valence-electron chi connectivity index (χ2n) is 7.23. The summed E-state index contributed by atoms with van der Waals surface area (Å²) >= 11 is 6.13. The lowest BCUT2D eigenvalue weighted by atomic mass is 9.92. The van der Waals surface area contributed by atoms with E-state index in [-0.39, 0.29) is 12.0 Å². The van der Waals surface area contributed by atoms with Crippen LogP contribution in [0.3, 0.4) is 0 Å². The maximum atomic E-state index is 12.1. The van der Waals surface area contributed by atoms with Crippen LogP contribution in [0.2, 0.25) is 5.02 Å². The fraction of sp³-hybridized carbons (Fsp3) is 0.238. The van der Waals surface area contributed by atoms with E-state index in [1.54, 1.807) is 16.8 Å². The Morgan fingerprint density at radius 3 is 2.52 bits per heavy atom. The SMILES string of the molecule is CC(C)(C)c1cc(COC(=O)Nc2ccccc2)n(-c2cccc(Cl)c2)n1. The number of anilines is 1. The van der Waals surface area contributed by atoms with Crippen molar-refractivity contribution in [3.05, 3.63) is 77.1 Å². The van der Waals surface area contributed by atoms with Gasteiger partial charge in [-0.1, -0.05) is 56.6 Å². The fourth-order valence-electron chi connectivity index (χ4n) is 2.54. The van der Waals surface area contributed by atoms with Gasteiger partial charge in [-0.25, -0.2) is 9.48 Å². The molecule has 1 aromatic heterocycles. The number of nitrogens with zero attached hydrogens (tertiary/aromatic N) is 2. The molecule has 0 aliphatic rings. The molecule has 0 radical (unpaired) electrons. The Labute approximate surface area is 163 Å². The first-order chi connectivity index (χ1) is 12.8. The predicted octanol–water partition coefficient (Wildman–Crippen LogP) is 5.57. The standard InChI is InChI=1S/C21H22ClN3O2/c1-21(2,3)19-13-18(25(24-19)17-11-7-8-15(22)12-17)14-27-20(26)23-16-9-5-4-6-10-16/h4-13H,14H2,1-3H3,(H,23,26).